The topological polar surface area (TPSA) is 54.4 Å². The van der Waals surface area contributed by atoms with Gasteiger partial charge < -0.3 is 0 Å². The maximum absolute atomic E-state index is 10.8. The van der Waals surface area contributed by atoms with Crippen LogP contribution in [0, 0.1) is 0 Å². The van der Waals surface area contributed by atoms with Gasteiger partial charge in [-0.05, 0) is 0 Å². The third-order valence-electron chi connectivity index (χ3n) is 1.46. The zero-order valence-electron chi connectivity index (χ0n) is 5.72. The van der Waals surface area contributed by atoms with Crippen molar-refractivity contribution in [3.8, 4) is 0 Å². The van der Waals surface area contributed by atoms with Crippen LogP contribution in [0.25, 0.3) is 10.1 Å². The van der Waals surface area contributed by atoms with Crippen molar-refractivity contribution < 1.29 is 13.0 Å². The van der Waals surface area contributed by atoms with E-state index in [1.54, 1.807) is 5.38 Å². The number of rotatable bonds is 1. The van der Waals surface area contributed by atoms with Gasteiger partial charge in [0, 0.05) is 26.2 Å². The first-order valence-electron chi connectivity index (χ1n) is 3.00. The molecule has 0 amide bonds. The summed E-state index contributed by atoms with van der Waals surface area (Å²) in [5.41, 5.74) is 0. The van der Waals surface area contributed by atoms with E-state index in [9.17, 15) is 8.42 Å². The fourth-order valence-electron chi connectivity index (χ4n) is 0.936. The predicted octanol–water partition coefficient (Wildman–Crippen LogP) is 2.21. The van der Waals surface area contributed by atoms with Crippen molar-refractivity contribution in [3.05, 3.63) is 16.1 Å². The van der Waals surface area contributed by atoms with Crippen LogP contribution in [0.15, 0.2) is 21.0 Å². The molecule has 0 aliphatic carbocycles. The Hall–Kier alpha value is -0.430. The van der Waals surface area contributed by atoms with Crippen LogP contribution < -0.4 is 0 Å². The third-order valence-corrected chi connectivity index (χ3v) is 4.34. The summed E-state index contributed by atoms with van der Waals surface area (Å²) in [6, 6.07) is 0. The average Bonchev–Trinajstić information content (AvgIpc) is 2.37. The molecular formula is C6H4O3S3. The summed E-state index contributed by atoms with van der Waals surface area (Å²) < 4.78 is 31.2. The highest BCUT2D eigenvalue weighted by Gasteiger charge is 2.15. The molecule has 0 atom stereocenters. The lowest BCUT2D eigenvalue weighted by molar-refractivity contribution is 0.484. The van der Waals surface area contributed by atoms with Crippen molar-refractivity contribution in [1.29, 1.82) is 0 Å². The van der Waals surface area contributed by atoms with E-state index < -0.39 is 10.1 Å². The lowest BCUT2D eigenvalue weighted by Gasteiger charge is -1.88. The molecule has 64 valence electrons. The van der Waals surface area contributed by atoms with Gasteiger partial charge in [-0.1, -0.05) is 0 Å². The van der Waals surface area contributed by atoms with Gasteiger partial charge in [0.1, 0.15) is 4.90 Å². The molecule has 0 saturated heterocycles. The summed E-state index contributed by atoms with van der Waals surface area (Å²) in [4.78, 5) is 0.0174. The van der Waals surface area contributed by atoms with E-state index in [0.29, 0.717) is 5.39 Å². The highest BCUT2D eigenvalue weighted by molar-refractivity contribution is 7.86. The zero-order chi connectivity index (χ0) is 8.77. The van der Waals surface area contributed by atoms with E-state index >= 15 is 0 Å². The maximum atomic E-state index is 10.8. The van der Waals surface area contributed by atoms with Gasteiger partial charge in [0.05, 0.1) is 0 Å². The molecule has 0 unspecified atom stereocenters. The third kappa shape index (κ3) is 1.16. The zero-order valence-corrected chi connectivity index (χ0v) is 8.17. The number of thiophene rings is 2. The van der Waals surface area contributed by atoms with Crippen molar-refractivity contribution >= 4 is 42.9 Å². The van der Waals surface area contributed by atoms with Crippen molar-refractivity contribution in [2.24, 2.45) is 0 Å². The molecule has 2 aromatic heterocycles. The molecule has 3 nitrogen and oxygen atoms in total. The molecular weight excluding hydrogens is 216 g/mol. The van der Waals surface area contributed by atoms with E-state index in [0.717, 1.165) is 4.70 Å². The standard InChI is InChI=1S/C6H4O3S3/c7-12(8,9)6-3-11-5-2-10-1-4(5)6/h1-3H,(H,7,8,9). The minimum Gasteiger partial charge on any atom is -0.282 e. The van der Waals surface area contributed by atoms with E-state index in [1.165, 1.54) is 28.1 Å². The first-order valence-corrected chi connectivity index (χ1v) is 6.26. The fraction of sp³-hybridized carbons (Fsp3) is 0. The van der Waals surface area contributed by atoms with E-state index in [1.807, 2.05) is 5.38 Å². The summed E-state index contributed by atoms with van der Waals surface area (Å²) in [5, 5.41) is 5.64. The Morgan fingerprint density at radius 2 is 2.00 bits per heavy atom. The first kappa shape index (κ1) is 8.18. The Kier molecular flexibility index (Phi) is 1.72. The second kappa shape index (κ2) is 2.53. The van der Waals surface area contributed by atoms with Gasteiger partial charge in [0.25, 0.3) is 10.1 Å². The van der Waals surface area contributed by atoms with Crippen LogP contribution >= 0.6 is 22.7 Å². The van der Waals surface area contributed by atoms with Crippen LogP contribution in [0.4, 0.5) is 0 Å². The minimum absolute atomic E-state index is 0.0174. The molecule has 0 aliphatic rings. The Labute approximate surface area is 77.0 Å². The summed E-state index contributed by atoms with van der Waals surface area (Å²) in [6.07, 6.45) is 0. The normalized spacial score (nSPS) is 12.4. The molecule has 1 N–H and O–H groups in total. The van der Waals surface area contributed by atoms with Gasteiger partial charge in [0.2, 0.25) is 0 Å². The highest BCUT2D eigenvalue weighted by Crippen LogP contribution is 2.31. The Balaban J connectivity index is 2.87. The highest BCUT2D eigenvalue weighted by atomic mass is 32.2. The Bertz CT molecular complexity index is 505. The molecule has 12 heavy (non-hydrogen) atoms. The average molecular weight is 220 g/mol. The maximum Gasteiger partial charge on any atom is 0.296 e. The summed E-state index contributed by atoms with van der Waals surface area (Å²) >= 11 is 2.74. The van der Waals surface area contributed by atoms with Gasteiger partial charge in [-0.15, -0.1) is 11.3 Å². The SMILES string of the molecule is O=S(=O)(O)c1csc2cscc12. The minimum atomic E-state index is -4.04. The smallest absolute Gasteiger partial charge is 0.282 e. The molecule has 0 fully saturated rings. The number of fused-ring (bicyclic) bond motifs is 1. The number of hydrogen-bond donors (Lipinski definition) is 1. The second-order valence-electron chi connectivity index (χ2n) is 2.22. The van der Waals surface area contributed by atoms with Crippen LogP contribution in [-0.4, -0.2) is 13.0 Å². The van der Waals surface area contributed by atoms with Gasteiger partial charge in [0.15, 0.2) is 0 Å². The van der Waals surface area contributed by atoms with Crippen molar-refractivity contribution in [2.45, 2.75) is 4.90 Å². The van der Waals surface area contributed by atoms with Crippen molar-refractivity contribution in [1.82, 2.24) is 0 Å². The van der Waals surface area contributed by atoms with E-state index in [2.05, 4.69) is 0 Å². The fourth-order valence-corrected chi connectivity index (χ4v) is 3.98. The molecule has 2 rings (SSSR count). The molecule has 2 heterocycles. The van der Waals surface area contributed by atoms with Crippen LogP contribution in [-0.2, 0) is 10.1 Å². The number of hydrogen-bond acceptors (Lipinski definition) is 4. The van der Waals surface area contributed by atoms with Crippen molar-refractivity contribution in [3.63, 3.8) is 0 Å². The molecule has 0 aromatic carbocycles. The quantitative estimate of drug-likeness (QED) is 0.750. The largest absolute Gasteiger partial charge is 0.296 e. The van der Waals surface area contributed by atoms with E-state index in [4.69, 9.17) is 4.55 Å². The monoisotopic (exact) mass is 220 g/mol. The summed E-state index contributed by atoms with van der Waals surface area (Å²) in [7, 11) is -4.04. The predicted molar refractivity (Wildman–Crippen MR) is 49.5 cm³/mol. The molecule has 0 radical (unpaired) electrons. The lowest BCUT2D eigenvalue weighted by atomic mass is 10.4. The van der Waals surface area contributed by atoms with Gasteiger partial charge in [-0.3, -0.25) is 4.55 Å². The molecule has 0 spiro atoms. The van der Waals surface area contributed by atoms with Crippen LogP contribution in [0.2, 0.25) is 0 Å². The Morgan fingerprint density at radius 1 is 1.25 bits per heavy atom. The van der Waals surface area contributed by atoms with Crippen LogP contribution in [0.5, 0.6) is 0 Å². The molecule has 0 aliphatic heterocycles. The Morgan fingerprint density at radius 3 is 2.67 bits per heavy atom. The van der Waals surface area contributed by atoms with Gasteiger partial charge in [-0.2, -0.15) is 19.8 Å². The summed E-state index contributed by atoms with van der Waals surface area (Å²) in [5.74, 6) is 0. The van der Waals surface area contributed by atoms with Crippen LogP contribution in [0.3, 0.4) is 0 Å². The molecule has 0 bridgehead atoms. The van der Waals surface area contributed by atoms with E-state index in [-0.39, 0.29) is 4.90 Å². The van der Waals surface area contributed by atoms with Crippen molar-refractivity contribution in [2.75, 3.05) is 0 Å². The van der Waals surface area contributed by atoms with Gasteiger partial charge in [-0.25, -0.2) is 0 Å². The molecule has 2 aromatic rings. The van der Waals surface area contributed by atoms with Gasteiger partial charge >= 0.3 is 0 Å². The first-order chi connectivity index (χ1) is 5.59. The summed E-state index contributed by atoms with van der Waals surface area (Å²) in [6.45, 7) is 0. The lowest BCUT2D eigenvalue weighted by Crippen LogP contribution is -1.95. The van der Waals surface area contributed by atoms with Crippen LogP contribution in [0.1, 0.15) is 0 Å². The molecule has 0 saturated carbocycles. The second-order valence-corrected chi connectivity index (χ2v) is 5.27. The molecule has 6 heteroatoms.